The molecule has 1 aromatic carbocycles. The van der Waals surface area contributed by atoms with Gasteiger partial charge in [0.05, 0.1) is 0 Å². The molecule has 1 heterocycles. The Kier molecular flexibility index (Phi) is 3.86. The summed E-state index contributed by atoms with van der Waals surface area (Å²) in [5.74, 6) is 0.771. The predicted octanol–water partition coefficient (Wildman–Crippen LogP) is 3.59. The van der Waals surface area contributed by atoms with E-state index in [1.807, 2.05) is 0 Å². The van der Waals surface area contributed by atoms with Crippen LogP contribution in [0.2, 0.25) is 0 Å². The summed E-state index contributed by atoms with van der Waals surface area (Å²) in [6.45, 7) is 2.05. The van der Waals surface area contributed by atoms with Gasteiger partial charge < -0.3 is 4.90 Å². The highest BCUT2D eigenvalue weighted by Crippen LogP contribution is 2.29. The maximum absolute atomic E-state index is 12.0. The van der Waals surface area contributed by atoms with Crippen LogP contribution in [-0.4, -0.2) is 18.9 Å². The maximum Gasteiger partial charge on any atom is 0.137 e. The fourth-order valence-electron chi connectivity index (χ4n) is 3.47. The highest BCUT2D eigenvalue weighted by atomic mass is 16.1. The Bertz CT molecular complexity index is 454. The van der Waals surface area contributed by atoms with Gasteiger partial charge in [-0.15, -0.1) is 0 Å². The standard InChI is InChI=1S/C17H23NO/c19-17-11-4-2-9-15(17)13-18-12-6-5-8-14-7-1-3-10-16(14)18/h1,3,7,10,15H,2,4-6,8-9,11-13H2. The van der Waals surface area contributed by atoms with Crippen LogP contribution in [0.3, 0.4) is 0 Å². The number of nitrogens with zero attached hydrogens (tertiary/aromatic N) is 1. The summed E-state index contributed by atoms with van der Waals surface area (Å²) < 4.78 is 0. The van der Waals surface area contributed by atoms with Crippen molar-refractivity contribution in [1.82, 2.24) is 0 Å². The number of fused-ring (bicyclic) bond motifs is 1. The number of benzene rings is 1. The summed E-state index contributed by atoms with van der Waals surface area (Å²) in [6.07, 6.45) is 7.93. The van der Waals surface area contributed by atoms with Crippen LogP contribution in [0, 0.1) is 5.92 Å². The van der Waals surface area contributed by atoms with Crippen LogP contribution >= 0.6 is 0 Å². The van der Waals surface area contributed by atoms with Gasteiger partial charge in [-0.25, -0.2) is 0 Å². The van der Waals surface area contributed by atoms with Gasteiger partial charge in [0.1, 0.15) is 5.78 Å². The molecule has 1 aliphatic heterocycles. The lowest BCUT2D eigenvalue weighted by Gasteiger charge is -2.30. The van der Waals surface area contributed by atoms with Crippen molar-refractivity contribution in [1.29, 1.82) is 0 Å². The third kappa shape index (κ3) is 2.83. The third-order valence-electron chi connectivity index (χ3n) is 4.58. The quantitative estimate of drug-likeness (QED) is 0.807. The lowest BCUT2D eigenvalue weighted by Crippen LogP contribution is -2.35. The summed E-state index contributed by atoms with van der Waals surface area (Å²) in [4.78, 5) is 14.5. The van der Waals surface area contributed by atoms with E-state index in [2.05, 4.69) is 29.2 Å². The van der Waals surface area contributed by atoms with Gasteiger partial charge in [-0.3, -0.25) is 4.79 Å². The van der Waals surface area contributed by atoms with Crippen molar-refractivity contribution >= 4 is 11.5 Å². The molecule has 0 saturated heterocycles. The van der Waals surface area contributed by atoms with Crippen molar-refractivity contribution < 1.29 is 4.79 Å². The molecule has 2 aliphatic rings. The Morgan fingerprint density at radius 2 is 1.89 bits per heavy atom. The first-order valence-corrected chi connectivity index (χ1v) is 7.70. The average molecular weight is 257 g/mol. The summed E-state index contributed by atoms with van der Waals surface area (Å²) in [6, 6.07) is 8.73. The number of Topliss-reactive ketones (excluding diaryl/α,β-unsaturated/α-hetero) is 1. The first-order valence-electron chi connectivity index (χ1n) is 7.70. The monoisotopic (exact) mass is 257 g/mol. The van der Waals surface area contributed by atoms with Crippen LogP contribution in [0.15, 0.2) is 24.3 Å². The number of rotatable bonds is 2. The van der Waals surface area contributed by atoms with E-state index in [-0.39, 0.29) is 5.92 Å². The van der Waals surface area contributed by atoms with E-state index in [0.29, 0.717) is 5.78 Å². The highest BCUT2D eigenvalue weighted by molar-refractivity contribution is 5.82. The molecule has 1 unspecified atom stereocenters. The largest absolute Gasteiger partial charge is 0.371 e. The molecule has 102 valence electrons. The number of carbonyl (C=O) groups is 1. The molecule has 0 radical (unpaired) electrons. The van der Waals surface area contributed by atoms with Gasteiger partial charge in [0, 0.05) is 31.1 Å². The van der Waals surface area contributed by atoms with Crippen molar-refractivity contribution in [2.24, 2.45) is 5.92 Å². The van der Waals surface area contributed by atoms with Gasteiger partial charge in [0.15, 0.2) is 0 Å². The summed E-state index contributed by atoms with van der Waals surface area (Å²) in [5, 5.41) is 0. The fraction of sp³-hybridized carbons (Fsp3) is 0.588. The minimum Gasteiger partial charge on any atom is -0.371 e. The topological polar surface area (TPSA) is 20.3 Å². The van der Waals surface area contributed by atoms with E-state index in [0.717, 1.165) is 32.4 Å². The van der Waals surface area contributed by atoms with E-state index < -0.39 is 0 Å². The zero-order valence-electron chi connectivity index (χ0n) is 11.6. The van der Waals surface area contributed by atoms with Crippen molar-refractivity contribution in [2.45, 2.75) is 44.9 Å². The molecule has 1 fully saturated rings. The van der Waals surface area contributed by atoms with Crippen LogP contribution in [0.4, 0.5) is 5.69 Å². The Hall–Kier alpha value is -1.31. The van der Waals surface area contributed by atoms with Crippen molar-refractivity contribution in [3.63, 3.8) is 0 Å². The number of hydrogen-bond acceptors (Lipinski definition) is 2. The predicted molar refractivity (Wildman–Crippen MR) is 78.6 cm³/mol. The van der Waals surface area contributed by atoms with Gasteiger partial charge in [-0.1, -0.05) is 24.6 Å². The van der Waals surface area contributed by atoms with Crippen LogP contribution in [0.5, 0.6) is 0 Å². The Morgan fingerprint density at radius 1 is 1.05 bits per heavy atom. The second kappa shape index (κ2) is 5.77. The molecule has 0 spiro atoms. The first-order chi connectivity index (χ1) is 9.34. The summed E-state index contributed by atoms with van der Waals surface area (Å²) >= 11 is 0. The minimum atomic E-state index is 0.278. The molecular formula is C17H23NO. The van der Waals surface area contributed by atoms with Gasteiger partial charge in [-0.05, 0) is 43.7 Å². The van der Waals surface area contributed by atoms with Crippen molar-refractivity contribution in [3.05, 3.63) is 29.8 Å². The smallest absolute Gasteiger partial charge is 0.137 e. The molecule has 2 heteroatoms. The summed E-state index contributed by atoms with van der Waals surface area (Å²) in [5.41, 5.74) is 2.83. The van der Waals surface area contributed by atoms with Crippen LogP contribution in [0.1, 0.15) is 44.1 Å². The lowest BCUT2D eigenvalue weighted by molar-refractivity contribution is -0.124. The molecule has 19 heavy (non-hydrogen) atoms. The fourth-order valence-corrected chi connectivity index (χ4v) is 3.47. The molecule has 1 aromatic rings. The highest BCUT2D eigenvalue weighted by Gasteiger charge is 2.25. The molecule has 0 amide bonds. The van der Waals surface area contributed by atoms with Gasteiger partial charge in [0.25, 0.3) is 0 Å². The molecule has 0 bridgehead atoms. The average Bonchev–Trinajstić information content (AvgIpc) is 2.64. The Balaban J connectivity index is 1.78. The zero-order chi connectivity index (χ0) is 13.1. The molecule has 1 saturated carbocycles. The molecular weight excluding hydrogens is 234 g/mol. The molecule has 2 nitrogen and oxygen atoms in total. The number of aryl methyl sites for hydroxylation is 1. The second-order valence-corrected chi connectivity index (χ2v) is 5.94. The zero-order valence-corrected chi connectivity index (χ0v) is 11.6. The molecule has 3 rings (SSSR count). The molecule has 1 aliphatic carbocycles. The van der Waals surface area contributed by atoms with Crippen molar-refractivity contribution in [3.8, 4) is 0 Å². The van der Waals surface area contributed by atoms with E-state index in [9.17, 15) is 4.79 Å². The lowest BCUT2D eigenvalue weighted by atomic mass is 9.87. The Morgan fingerprint density at radius 3 is 2.79 bits per heavy atom. The summed E-state index contributed by atoms with van der Waals surface area (Å²) in [7, 11) is 0. The molecule has 0 N–H and O–H groups in total. The van der Waals surface area contributed by atoms with E-state index >= 15 is 0 Å². The van der Waals surface area contributed by atoms with Gasteiger partial charge >= 0.3 is 0 Å². The van der Waals surface area contributed by atoms with Gasteiger partial charge in [-0.2, -0.15) is 0 Å². The number of anilines is 1. The molecule has 0 aromatic heterocycles. The van der Waals surface area contributed by atoms with E-state index in [4.69, 9.17) is 0 Å². The second-order valence-electron chi connectivity index (χ2n) is 5.94. The van der Waals surface area contributed by atoms with Crippen LogP contribution in [0.25, 0.3) is 0 Å². The SMILES string of the molecule is O=C1CCCCC1CN1CCCCc2ccccc21. The van der Waals surface area contributed by atoms with Crippen LogP contribution in [-0.2, 0) is 11.2 Å². The van der Waals surface area contributed by atoms with E-state index in [1.165, 1.54) is 36.9 Å². The Labute approximate surface area is 115 Å². The number of hydrogen-bond donors (Lipinski definition) is 0. The van der Waals surface area contributed by atoms with Crippen molar-refractivity contribution in [2.75, 3.05) is 18.0 Å². The number of para-hydroxylation sites is 1. The first kappa shape index (κ1) is 12.7. The number of carbonyl (C=O) groups excluding carboxylic acids is 1. The maximum atomic E-state index is 12.0. The van der Waals surface area contributed by atoms with E-state index in [1.54, 1.807) is 0 Å². The number of ketones is 1. The van der Waals surface area contributed by atoms with Crippen LogP contribution < -0.4 is 4.90 Å². The third-order valence-corrected chi connectivity index (χ3v) is 4.58. The van der Waals surface area contributed by atoms with Gasteiger partial charge in [0.2, 0.25) is 0 Å². The minimum absolute atomic E-state index is 0.278. The molecule has 1 atom stereocenters. The normalized spacial score (nSPS) is 23.9.